The molecular weight excluding hydrogens is 256 g/mol. The van der Waals surface area contributed by atoms with Crippen molar-refractivity contribution in [1.82, 2.24) is 14.7 Å². The van der Waals surface area contributed by atoms with Gasteiger partial charge in [0.25, 0.3) is 0 Å². The second-order valence-corrected chi connectivity index (χ2v) is 5.14. The lowest BCUT2D eigenvalue weighted by molar-refractivity contribution is 0.190. The van der Waals surface area contributed by atoms with E-state index < -0.39 is 0 Å². The number of aromatic nitrogens is 3. The van der Waals surface area contributed by atoms with Crippen molar-refractivity contribution in [2.24, 2.45) is 0 Å². The van der Waals surface area contributed by atoms with Gasteiger partial charge in [0.1, 0.15) is 5.76 Å². The average Bonchev–Trinajstić information content (AvgIpc) is 2.87. The zero-order valence-electron chi connectivity index (χ0n) is 12.7. The molecule has 6 nitrogen and oxygen atoms in total. The van der Waals surface area contributed by atoms with Crippen LogP contribution in [0.2, 0.25) is 0 Å². The fraction of sp³-hybridized carbons (Fsp3) is 0.571. The van der Waals surface area contributed by atoms with Gasteiger partial charge in [-0.05, 0) is 27.7 Å². The molecule has 1 unspecified atom stereocenters. The summed E-state index contributed by atoms with van der Waals surface area (Å²) in [5.41, 5.74) is 3.00. The van der Waals surface area contributed by atoms with E-state index in [1.165, 1.54) is 0 Å². The van der Waals surface area contributed by atoms with Crippen molar-refractivity contribution >= 4 is 5.95 Å². The summed E-state index contributed by atoms with van der Waals surface area (Å²) in [5.74, 6) is 1.69. The van der Waals surface area contributed by atoms with Crippen LogP contribution in [-0.4, -0.2) is 34.5 Å². The molecule has 0 spiro atoms. The van der Waals surface area contributed by atoms with Crippen molar-refractivity contribution in [3.63, 3.8) is 0 Å². The monoisotopic (exact) mass is 278 g/mol. The minimum atomic E-state index is 0.199. The maximum absolute atomic E-state index is 5.21. The fourth-order valence-electron chi connectivity index (χ4n) is 2.19. The first-order valence-corrected chi connectivity index (χ1v) is 6.72. The Bertz CT molecular complexity index is 554. The molecule has 2 aromatic heterocycles. The number of hydrogen-bond donors (Lipinski definition) is 1. The molecule has 0 fully saturated rings. The van der Waals surface area contributed by atoms with Crippen LogP contribution in [0, 0.1) is 20.8 Å². The molecule has 0 aromatic carbocycles. The van der Waals surface area contributed by atoms with Crippen molar-refractivity contribution in [2.75, 3.05) is 19.0 Å². The molecule has 0 bridgehead atoms. The predicted octanol–water partition coefficient (Wildman–Crippen LogP) is 2.29. The van der Waals surface area contributed by atoms with E-state index in [1.54, 1.807) is 7.11 Å². The lowest BCUT2D eigenvalue weighted by atomic mass is 10.2. The van der Waals surface area contributed by atoms with Crippen molar-refractivity contribution in [3.05, 3.63) is 28.9 Å². The number of anilines is 1. The molecule has 2 aromatic rings. The standard InChI is InChI=1S/C14H22N4O2/c1-9-6-18(7-13-11(3)17-20-12(13)4)14(15-9)16-10(2)8-19-5/h6,10H,7-8H2,1-5H3,(H,15,16). The third-order valence-electron chi connectivity index (χ3n) is 3.20. The highest BCUT2D eigenvalue weighted by Crippen LogP contribution is 2.18. The molecule has 20 heavy (non-hydrogen) atoms. The van der Waals surface area contributed by atoms with Crippen molar-refractivity contribution in [1.29, 1.82) is 0 Å². The maximum atomic E-state index is 5.21. The molecule has 0 saturated carbocycles. The van der Waals surface area contributed by atoms with E-state index in [-0.39, 0.29) is 6.04 Å². The molecule has 2 heterocycles. The Kier molecular flexibility index (Phi) is 4.44. The van der Waals surface area contributed by atoms with Crippen LogP contribution in [0.1, 0.15) is 29.6 Å². The first kappa shape index (κ1) is 14.6. The molecule has 0 radical (unpaired) electrons. The van der Waals surface area contributed by atoms with Gasteiger partial charge in [0.2, 0.25) is 5.95 Å². The molecule has 6 heteroatoms. The summed E-state index contributed by atoms with van der Waals surface area (Å²) in [7, 11) is 1.69. The quantitative estimate of drug-likeness (QED) is 0.878. The van der Waals surface area contributed by atoms with Gasteiger partial charge in [-0.1, -0.05) is 5.16 Å². The maximum Gasteiger partial charge on any atom is 0.203 e. The van der Waals surface area contributed by atoms with Crippen LogP contribution in [0.25, 0.3) is 0 Å². The van der Waals surface area contributed by atoms with Gasteiger partial charge >= 0.3 is 0 Å². The van der Waals surface area contributed by atoms with E-state index in [4.69, 9.17) is 9.26 Å². The van der Waals surface area contributed by atoms with E-state index in [2.05, 4.69) is 26.9 Å². The number of nitrogens with one attached hydrogen (secondary N) is 1. The zero-order valence-corrected chi connectivity index (χ0v) is 12.7. The van der Waals surface area contributed by atoms with Gasteiger partial charge in [0, 0.05) is 24.9 Å². The Morgan fingerprint density at radius 2 is 2.15 bits per heavy atom. The molecule has 2 rings (SSSR count). The normalized spacial score (nSPS) is 12.7. The minimum Gasteiger partial charge on any atom is -0.383 e. The topological polar surface area (TPSA) is 65.1 Å². The SMILES string of the molecule is COCC(C)Nc1nc(C)cn1Cc1c(C)noc1C. The summed E-state index contributed by atoms with van der Waals surface area (Å²) in [6.07, 6.45) is 2.02. The zero-order chi connectivity index (χ0) is 14.7. The van der Waals surface area contributed by atoms with Crippen LogP contribution >= 0.6 is 0 Å². The largest absolute Gasteiger partial charge is 0.383 e. The molecule has 1 atom stereocenters. The van der Waals surface area contributed by atoms with Crippen LogP contribution in [0.4, 0.5) is 5.95 Å². The van der Waals surface area contributed by atoms with Crippen LogP contribution < -0.4 is 5.32 Å². The number of imidazole rings is 1. The number of hydrogen-bond acceptors (Lipinski definition) is 5. The smallest absolute Gasteiger partial charge is 0.203 e. The van der Waals surface area contributed by atoms with E-state index in [1.807, 2.05) is 27.0 Å². The third-order valence-corrected chi connectivity index (χ3v) is 3.20. The molecule has 0 aliphatic rings. The molecule has 110 valence electrons. The molecule has 1 N–H and O–H groups in total. The van der Waals surface area contributed by atoms with Crippen molar-refractivity contribution in [2.45, 2.75) is 40.3 Å². The van der Waals surface area contributed by atoms with E-state index in [0.717, 1.165) is 28.7 Å². The molecule has 0 amide bonds. The second kappa shape index (κ2) is 6.09. The summed E-state index contributed by atoms with van der Waals surface area (Å²) < 4.78 is 12.4. The summed E-state index contributed by atoms with van der Waals surface area (Å²) >= 11 is 0. The highest BCUT2D eigenvalue weighted by atomic mass is 16.5. The van der Waals surface area contributed by atoms with Gasteiger partial charge in [0.05, 0.1) is 24.5 Å². The third kappa shape index (κ3) is 3.19. The molecule has 0 saturated heterocycles. The highest BCUT2D eigenvalue weighted by Gasteiger charge is 2.14. The van der Waals surface area contributed by atoms with Crippen LogP contribution in [0.15, 0.2) is 10.7 Å². The number of rotatable bonds is 6. The first-order valence-electron chi connectivity index (χ1n) is 6.72. The van der Waals surface area contributed by atoms with Gasteiger partial charge < -0.3 is 19.1 Å². The Labute approximate surface area is 119 Å². The first-order chi connectivity index (χ1) is 9.51. The lowest BCUT2D eigenvalue weighted by Crippen LogP contribution is -2.23. The van der Waals surface area contributed by atoms with Gasteiger partial charge in [-0.15, -0.1) is 0 Å². The minimum absolute atomic E-state index is 0.199. The Morgan fingerprint density at radius 3 is 2.75 bits per heavy atom. The van der Waals surface area contributed by atoms with Crippen LogP contribution in [-0.2, 0) is 11.3 Å². The summed E-state index contributed by atoms with van der Waals surface area (Å²) in [6, 6.07) is 0.199. The lowest BCUT2D eigenvalue weighted by Gasteiger charge is -2.15. The van der Waals surface area contributed by atoms with Crippen LogP contribution in [0.3, 0.4) is 0 Å². The fourth-order valence-corrected chi connectivity index (χ4v) is 2.19. The van der Waals surface area contributed by atoms with Crippen molar-refractivity contribution < 1.29 is 9.26 Å². The number of methoxy groups -OCH3 is 1. The Balaban J connectivity index is 2.19. The Morgan fingerprint density at radius 1 is 1.40 bits per heavy atom. The predicted molar refractivity (Wildman–Crippen MR) is 77.0 cm³/mol. The van der Waals surface area contributed by atoms with Crippen molar-refractivity contribution in [3.8, 4) is 0 Å². The van der Waals surface area contributed by atoms with E-state index in [0.29, 0.717) is 13.2 Å². The highest BCUT2D eigenvalue weighted by molar-refractivity contribution is 5.32. The average molecular weight is 278 g/mol. The molecule has 0 aliphatic heterocycles. The van der Waals surface area contributed by atoms with Crippen LogP contribution in [0.5, 0.6) is 0 Å². The van der Waals surface area contributed by atoms with Gasteiger partial charge in [-0.25, -0.2) is 4.98 Å². The summed E-state index contributed by atoms with van der Waals surface area (Å²) in [5, 5.41) is 7.35. The number of nitrogens with zero attached hydrogens (tertiary/aromatic N) is 3. The van der Waals surface area contributed by atoms with Gasteiger partial charge in [0.15, 0.2) is 0 Å². The Hall–Kier alpha value is -1.82. The van der Waals surface area contributed by atoms with E-state index in [9.17, 15) is 0 Å². The number of ether oxygens (including phenoxy) is 1. The summed E-state index contributed by atoms with van der Waals surface area (Å²) in [6.45, 7) is 9.26. The van der Waals surface area contributed by atoms with Gasteiger partial charge in [-0.3, -0.25) is 0 Å². The second-order valence-electron chi connectivity index (χ2n) is 5.14. The summed E-state index contributed by atoms with van der Waals surface area (Å²) in [4.78, 5) is 4.52. The van der Waals surface area contributed by atoms with Gasteiger partial charge in [-0.2, -0.15) is 0 Å². The number of aryl methyl sites for hydroxylation is 3. The molecular formula is C14H22N4O2. The molecule has 0 aliphatic carbocycles. The van der Waals surface area contributed by atoms with E-state index >= 15 is 0 Å².